The zero-order valence-electron chi connectivity index (χ0n) is 12.1. The van der Waals surface area contributed by atoms with Crippen LogP contribution in [0.15, 0.2) is 53.3 Å². The third kappa shape index (κ3) is 2.38. The van der Waals surface area contributed by atoms with Gasteiger partial charge in [0.05, 0.1) is 16.8 Å². The van der Waals surface area contributed by atoms with Crippen LogP contribution >= 0.6 is 0 Å². The molecule has 4 nitrogen and oxygen atoms in total. The molecule has 1 aromatic heterocycles. The molecule has 2 aromatic carbocycles. The summed E-state index contributed by atoms with van der Waals surface area (Å²) < 4.78 is 40.1. The number of para-hydroxylation sites is 1. The van der Waals surface area contributed by atoms with Gasteiger partial charge in [0.25, 0.3) is 5.56 Å². The summed E-state index contributed by atoms with van der Waals surface area (Å²) in [5, 5.41) is 9.40. The fraction of sp³-hybridized carbons (Fsp3) is 0.0588. The summed E-state index contributed by atoms with van der Waals surface area (Å²) in [6, 6.07) is 12.8. The Hall–Kier alpha value is -3.27. The Morgan fingerprint density at radius 2 is 1.75 bits per heavy atom. The summed E-state index contributed by atoms with van der Waals surface area (Å²) in [4.78, 5) is 12.6. The SMILES string of the molecule is N#Cc1c(N)c2ccc(C(F)(F)F)cc2n(-c2ccccc2)c1=O. The summed E-state index contributed by atoms with van der Waals surface area (Å²) in [6.07, 6.45) is -4.56. The zero-order valence-corrected chi connectivity index (χ0v) is 12.1. The maximum Gasteiger partial charge on any atom is 0.416 e. The van der Waals surface area contributed by atoms with Crippen molar-refractivity contribution in [3.8, 4) is 11.8 Å². The number of hydrogen-bond acceptors (Lipinski definition) is 3. The quantitative estimate of drug-likeness (QED) is 0.743. The molecule has 0 bridgehead atoms. The van der Waals surface area contributed by atoms with Gasteiger partial charge in [0.2, 0.25) is 0 Å². The van der Waals surface area contributed by atoms with E-state index in [1.54, 1.807) is 36.4 Å². The molecule has 0 aliphatic rings. The Kier molecular flexibility index (Phi) is 3.53. The van der Waals surface area contributed by atoms with Crippen LogP contribution in [0.5, 0.6) is 0 Å². The Balaban J connectivity index is 2.52. The molecule has 2 N–H and O–H groups in total. The average molecular weight is 329 g/mol. The van der Waals surface area contributed by atoms with Crippen LogP contribution in [0.1, 0.15) is 11.1 Å². The maximum atomic E-state index is 13.0. The number of hydrogen-bond donors (Lipinski definition) is 1. The van der Waals surface area contributed by atoms with Gasteiger partial charge in [-0.25, -0.2) is 0 Å². The molecular weight excluding hydrogens is 319 g/mol. The minimum Gasteiger partial charge on any atom is -0.397 e. The number of anilines is 1. The predicted octanol–water partition coefficient (Wildman–Crippen LogP) is 3.46. The molecule has 3 aromatic rings. The smallest absolute Gasteiger partial charge is 0.397 e. The van der Waals surface area contributed by atoms with E-state index in [2.05, 4.69) is 0 Å². The molecule has 0 aliphatic carbocycles. The Bertz CT molecular complexity index is 1030. The second kappa shape index (κ2) is 5.42. The second-order valence-corrected chi connectivity index (χ2v) is 5.11. The Morgan fingerprint density at radius 1 is 1.08 bits per heavy atom. The van der Waals surface area contributed by atoms with Crippen LogP contribution in [0, 0.1) is 11.3 Å². The van der Waals surface area contributed by atoms with Crippen LogP contribution in [0.3, 0.4) is 0 Å². The van der Waals surface area contributed by atoms with Crippen molar-refractivity contribution in [3.63, 3.8) is 0 Å². The summed E-state index contributed by atoms with van der Waals surface area (Å²) in [5.41, 5.74) is 4.08. The molecule has 1 heterocycles. The van der Waals surface area contributed by atoms with E-state index in [0.717, 1.165) is 16.7 Å². The molecule has 3 rings (SSSR count). The number of nitrogen functional groups attached to an aromatic ring is 1. The fourth-order valence-electron chi connectivity index (χ4n) is 2.53. The molecule has 0 amide bonds. The molecule has 0 spiro atoms. The lowest BCUT2D eigenvalue weighted by Crippen LogP contribution is -2.23. The summed E-state index contributed by atoms with van der Waals surface area (Å²) >= 11 is 0. The van der Waals surface area contributed by atoms with Crippen molar-refractivity contribution in [2.24, 2.45) is 0 Å². The van der Waals surface area contributed by atoms with E-state index < -0.39 is 17.3 Å². The number of aromatic nitrogens is 1. The number of pyridine rings is 1. The van der Waals surface area contributed by atoms with Crippen LogP contribution in [0.25, 0.3) is 16.6 Å². The van der Waals surface area contributed by atoms with Gasteiger partial charge in [0, 0.05) is 11.1 Å². The lowest BCUT2D eigenvalue weighted by molar-refractivity contribution is -0.137. The number of nitrogens with zero attached hydrogens (tertiary/aromatic N) is 2. The summed E-state index contributed by atoms with van der Waals surface area (Å²) in [7, 11) is 0. The Labute approximate surface area is 134 Å². The number of alkyl halides is 3. The number of halogens is 3. The first-order valence-corrected chi connectivity index (χ1v) is 6.85. The van der Waals surface area contributed by atoms with Crippen molar-refractivity contribution >= 4 is 16.6 Å². The van der Waals surface area contributed by atoms with E-state index in [4.69, 9.17) is 5.73 Å². The Morgan fingerprint density at radius 3 is 2.33 bits per heavy atom. The predicted molar refractivity (Wildman–Crippen MR) is 83.7 cm³/mol. The first kappa shape index (κ1) is 15.6. The highest BCUT2D eigenvalue weighted by atomic mass is 19.4. The molecule has 0 unspecified atom stereocenters. The van der Waals surface area contributed by atoms with Crippen molar-refractivity contribution in [1.82, 2.24) is 4.57 Å². The molecule has 0 atom stereocenters. The minimum atomic E-state index is -4.56. The monoisotopic (exact) mass is 329 g/mol. The van der Waals surface area contributed by atoms with Crippen LogP contribution in [0.2, 0.25) is 0 Å². The summed E-state index contributed by atoms with van der Waals surface area (Å²) in [5.74, 6) is 0. The van der Waals surface area contributed by atoms with E-state index >= 15 is 0 Å². The van der Waals surface area contributed by atoms with Crippen LogP contribution < -0.4 is 11.3 Å². The molecule has 0 saturated heterocycles. The van der Waals surface area contributed by atoms with Gasteiger partial charge in [-0.3, -0.25) is 9.36 Å². The van der Waals surface area contributed by atoms with Crippen LogP contribution in [0.4, 0.5) is 18.9 Å². The van der Waals surface area contributed by atoms with Crippen LogP contribution in [-0.2, 0) is 6.18 Å². The average Bonchev–Trinajstić information content (AvgIpc) is 2.55. The lowest BCUT2D eigenvalue weighted by Gasteiger charge is -2.15. The highest BCUT2D eigenvalue weighted by Crippen LogP contribution is 2.33. The molecule has 7 heteroatoms. The van der Waals surface area contributed by atoms with Gasteiger partial charge in [0.15, 0.2) is 0 Å². The van der Waals surface area contributed by atoms with Gasteiger partial charge in [0.1, 0.15) is 11.6 Å². The molecule has 0 aliphatic heterocycles. The standard InChI is InChI=1S/C17H10F3N3O/c18-17(19,20)10-6-7-12-14(8-10)23(11-4-2-1-3-5-11)16(24)13(9-21)15(12)22/h1-8H,22H2. The first-order chi connectivity index (χ1) is 11.3. The van der Waals surface area contributed by atoms with Crippen molar-refractivity contribution in [2.45, 2.75) is 6.18 Å². The van der Waals surface area contributed by atoms with Gasteiger partial charge in [-0.15, -0.1) is 0 Å². The van der Waals surface area contributed by atoms with Crippen molar-refractivity contribution in [3.05, 3.63) is 70.0 Å². The van der Waals surface area contributed by atoms with Crippen molar-refractivity contribution in [2.75, 3.05) is 5.73 Å². The van der Waals surface area contributed by atoms with Gasteiger partial charge in [-0.05, 0) is 24.3 Å². The van der Waals surface area contributed by atoms with Gasteiger partial charge in [-0.2, -0.15) is 18.4 Å². The third-order valence-corrected chi connectivity index (χ3v) is 3.67. The number of rotatable bonds is 1. The molecular formula is C17H10F3N3O. The second-order valence-electron chi connectivity index (χ2n) is 5.11. The molecule has 0 fully saturated rings. The molecule has 120 valence electrons. The van der Waals surface area contributed by atoms with E-state index in [1.165, 1.54) is 6.07 Å². The molecule has 0 saturated carbocycles. The fourth-order valence-corrected chi connectivity index (χ4v) is 2.53. The van der Waals surface area contributed by atoms with E-state index in [-0.39, 0.29) is 22.2 Å². The minimum absolute atomic E-state index is 0.00229. The van der Waals surface area contributed by atoms with E-state index in [9.17, 15) is 23.2 Å². The third-order valence-electron chi connectivity index (χ3n) is 3.67. The van der Waals surface area contributed by atoms with Crippen LogP contribution in [-0.4, -0.2) is 4.57 Å². The lowest BCUT2D eigenvalue weighted by atomic mass is 10.1. The first-order valence-electron chi connectivity index (χ1n) is 6.85. The number of fused-ring (bicyclic) bond motifs is 1. The summed E-state index contributed by atoms with van der Waals surface area (Å²) in [6.45, 7) is 0. The number of benzene rings is 2. The zero-order chi connectivity index (χ0) is 17.5. The molecule has 24 heavy (non-hydrogen) atoms. The topological polar surface area (TPSA) is 71.8 Å². The number of nitriles is 1. The van der Waals surface area contributed by atoms with Crippen molar-refractivity contribution < 1.29 is 13.2 Å². The van der Waals surface area contributed by atoms with E-state index in [0.29, 0.717) is 5.69 Å². The highest BCUT2D eigenvalue weighted by molar-refractivity contribution is 5.94. The largest absolute Gasteiger partial charge is 0.416 e. The van der Waals surface area contributed by atoms with Crippen molar-refractivity contribution in [1.29, 1.82) is 5.26 Å². The van der Waals surface area contributed by atoms with Gasteiger partial charge >= 0.3 is 6.18 Å². The molecule has 0 radical (unpaired) electrons. The maximum absolute atomic E-state index is 13.0. The highest BCUT2D eigenvalue weighted by Gasteiger charge is 2.31. The van der Waals surface area contributed by atoms with Gasteiger partial charge in [-0.1, -0.05) is 24.3 Å². The number of nitrogens with two attached hydrogens (primary N) is 1. The van der Waals surface area contributed by atoms with Gasteiger partial charge < -0.3 is 5.73 Å². The van der Waals surface area contributed by atoms with E-state index in [1.807, 2.05) is 0 Å². The normalized spacial score (nSPS) is 11.4.